The maximum atomic E-state index is 4.75. The quantitative estimate of drug-likeness (QED) is 0.499. The highest BCUT2D eigenvalue weighted by Gasteiger charge is 2.19. The molecule has 0 aliphatic carbocycles. The minimum atomic E-state index is 0.0982. The van der Waals surface area contributed by atoms with E-state index in [1.165, 1.54) is 27.5 Å². The molecule has 0 unspecified atom stereocenters. The van der Waals surface area contributed by atoms with Gasteiger partial charge in [-0.05, 0) is 50.9 Å². The maximum absolute atomic E-state index is 4.75. The van der Waals surface area contributed by atoms with Gasteiger partial charge in [0.1, 0.15) is 0 Å². The molecule has 0 saturated carbocycles. The van der Waals surface area contributed by atoms with Gasteiger partial charge in [0.15, 0.2) is 0 Å². The lowest BCUT2D eigenvalue weighted by atomic mass is 9.82. The number of rotatable bonds is 1. The molecule has 0 spiro atoms. The fourth-order valence-electron chi connectivity index (χ4n) is 3.09. The zero-order valence-corrected chi connectivity index (χ0v) is 15.6. The molecule has 1 heteroatoms. The minimum absolute atomic E-state index is 0.0982. The number of fused-ring (bicyclic) bond motifs is 1. The smallest absolute Gasteiger partial charge is 0.0702 e. The Morgan fingerprint density at radius 1 is 0.750 bits per heavy atom. The van der Waals surface area contributed by atoms with Crippen molar-refractivity contribution in [1.82, 2.24) is 4.98 Å². The van der Waals surface area contributed by atoms with Crippen LogP contribution in [0.25, 0.3) is 22.0 Å². The molecule has 0 aliphatic heterocycles. The molecule has 0 N–H and O–H groups in total. The lowest BCUT2D eigenvalue weighted by Crippen LogP contribution is -2.12. The van der Waals surface area contributed by atoms with E-state index in [0.29, 0.717) is 0 Å². The molecule has 0 atom stereocenters. The fraction of sp³-hybridized carbons (Fsp3) is 0.348. The second-order valence-corrected chi connectivity index (χ2v) is 8.68. The first-order valence-corrected chi connectivity index (χ1v) is 8.66. The molecule has 0 fully saturated rings. The van der Waals surface area contributed by atoms with Crippen LogP contribution in [0.4, 0.5) is 0 Å². The van der Waals surface area contributed by atoms with Crippen LogP contribution in [0, 0.1) is 0 Å². The molecule has 0 amide bonds. The van der Waals surface area contributed by atoms with E-state index in [0.717, 1.165) is 5.69 Å². The van der Waals surface area contributed by atoms with Crippen LogP contribution in [0.1, 0.15) is 52.7 Å². The van der Waals surface area contributed by atoms with Gasteiger partial charge < -0.3 is 0 Å². The molecule has 3 rings (SSSR count). The van der Waals surface area contributed by atoms with Crippen LogP contribution in [0.15, 0.2) is 54.7 Å². The van der Waals surface area contributed by atoms with E-state index >= 15 is 0 Å². The second kappa shape index (κ2) is 5.73. The highest BCUT2D eigenvalue weighted by Crippen LogP contribution is 2.34. The number of pyridine rings is 1. The summed E-state index contributed by atoms with van der Waals surface area (Å²) in [5, 5.41) is 2.61. The number of aromatic nitrogens is 1. The SMILES string of the molecule is CC(C)(C)c1ccc(-c2cc(C(C)(C)C)c3ccccc3c2)nc1. The number of hydrogen-bond donors (Lipinski definition) is 0. The van der Waals surface area contributed by atoms with Gasteiger partial charge in [-0.2, -0.15) is 0 Å². The van der Waals surface area contributed by atoms with E-state index in [2.05, 4.69) is 90.1 Å². The topological polar surface area (TPSA) is 12.9 Å². The molecule has 0 saturated heterocycles. The van der Waals surface area contributed by atoms with Crippen molar-refractivity contribution in [3.8, 4) is 11.3 Å². The van der Waals surface area contributed by atoms with Gasteiger partial charge in [0.05, 0.1) is 5.69 Å². The summed E-state index contributed by atoms with van der Waals surface area (Å²) in [4.78, 5) is 4.75. The first kappa shape index (κ1) is 16.7. The molecule has 124 valence electrons. The average Bonchev–Trinajstić information content (AvgIpc) is 2.52. The zero-order chi connectivity index (χ0) is 17.5. The lowest BCUT2D eigenvalue weighted by Gasteiger charge is -2.23. The van der Waals surface area contributed by atoms with Crippen molar-refractivity contribution in [3.05, 3.63) is 65.9 Å². The molecule has 1 nitrogen and oxygen atoms in total. The van der Waals surface area contributed by atoms with Gasteiger partial charge >= 0.3 is 0 Å². The van der Waals surface area contributed by atoms with E-state index in [1.807, 2.05) is 6.20 Å². The highest BCUT2D eigenvalue weighted by atomic mass is 14.7. The third-order valence-electron chi connectivity index (χ3n) is 4.60. The van der Waals surface area contributed by atoms with Crippen LogP contribution in [-0.2, 0) is 10.8 Å². The highest BCUT2D eigenvalue weighted by molar-refractivity contribution is 5.90. The van der Waals surface area contributed by atoms with Crippen LogP contribution >= 0.6 is 0 Å². The zero-order valence-electron chi connectivity index (χ0n) is 15.6. The molecule has 24 heavy (non-hydrogen) atoms. The van der Waals surface area contributed by atoms with Crippen LogP contribution in [0.3, 0.4) is 0 Å². The molecular formula is C23H27N. The summed E-state index contributed by atoms with van der Waals surface area (Å²) in [7, 11) is 0. The van der Waals surface area contributed by atoms with Crippen molar-refractivity contribution in [2.24, 2.45) is 0 Å². The number of nitrogens with zero attached hydrogens (tertiary/aromatic N) is 1. The number of benzene rings is 2. The molecule has 0 aliphatic rings. The summed E-state index contributed by atoms with van der Waals surface area (Å²) >= 11 is 0. The molecule has 2 aromatic carbocycles. The summed E-state index contributed by atoms with van der Waals surface area (Å²) in [5.74, 6) is 0. The monoisotopic (exact) mass is 317 g/mol. The predicted octanol–water partition coefficient (Wildman–Crippen LogP) is 6.50. The molecule has 1 aromatic heterocycles. The first-order valence-electron chi connectivity index (χ1n) is 8.66. The Morgan fingerprint density at radius 3 is 2.04 bits per heavy atom. The van der Waals surface area contributed by atoms with Gasteiger partial charge in [0.25, 0.3) is 0 Å². The Bertz CT molecular complexity index is 859. The first-order chi connectivity index (χ1) is 11.2. The van der Waals surface area contributed by atoms with Gasteiger partial charge in [-0.3, -0.25) is 4.98 Å². The Balaban J connectivity index is 2.17. The van der Waals surface area contributed by atoms with E-state index in [9.17, 15) is 0 Å². The molecule has 1 heterocycles. The summed E-state index contributed by atoms with van der Waals surface area (Å²) in [6.45, 7) is 13.5. The normalized spacial score (nSPS) is 12.6. The van der Waals surface area contributed by atoms with Crippen molar-refractivity contribution in [1.29, 1.82) is 0 Å². The standard InChI is InChI=1S/C23H27N/c1-22(2,3)18-11-12-21(24-15-18)17-13-16-9-7-8-10-19(16)20(14-17)23(4,5)6/h7-15H,1-6H3. The van der Waals surface area contributed by atoms with Gasteiger partial charge in [0, 0.05) is 11.8 Å². The van der Waals surface area contributed by atoms with Crippen LogP contribution in [0.5, 0.6) is 0 Å². The van der Waals surface area contributed by atoms with Crippen LogP contribution < -0.4 is 0 Å². The summed E-state index contributed by atoms with van der Waals surface area (Å²) in [6.07, 6.45) is 2.02. The summed E-state index contributed by atoms with van der Waals surface area (Å²) < 4.78 is 0. The lowest BCUT2D eigenvalue weighted by molar-refractivity contribution is 0.587. The van der Waals surface area contributed by atoms with Gasteiger partial charge in [-0.25, -0.2) is 0 Å². The Hall–Kier alpha value is -2.15. The van der Waals surface area contributed by atoms with Gasteiger partial charge in [0.2, 0.25) is 0 Å². The predicted molar refractivity (Wildman–Crippen MR) is 105 cm³/mol. The van der Waals surface area contributed by atoms with E-state index in [1.54, 1.807) is 0 Å². The molecule has 3 aromatic rings. The van der Waals surface area contributed by atoms with Gasteiger partial charge in [-0.15, -0.1) is 0 Å². The third kappa shape index (κ3) is 3.21. The van der Waals surface area contributed by atoms with Crippen LogP contribution in [-0.4, -0.2) is 4.98 Å². The minimum Gasteiger partial charge on any atom is -0.256 e. The average molecular weight is 317 g/mol. The molecular weight excluding hydrogens is 290 g/mol. The van der Waals surface area contributed by atoms with Gasteiger partial charge in [-0.1, -0.05) is 71.9 Å². The second-order valence-electron chi connectivity index (χ2n) is 8.68. The van der Waals surface area contributed by atoms with Crippen LogP contribution in [0.2, 0.25) is 0 Å². The Kier molecular flexibility index (Phi) is 3.99. The van der Waals surface area contributed by atoms with E-state index < -0.39 is 0 Å². The molecule has 0 radical (unpaired) electrons. The Morgan fingerprint density at radius 2 is 1.46 bits per heavy atom. The van der Waals surface area contributed by atoms with Crippen molar-refractivity contribution >= 4 is 10.8 Å². The third-order valence-corrected chi connectivity index (χ3v) is 4.60. The van der Waals surface area contributed by atoms with E-state index in [4.69, 9.17) is 4.98 Å². The largest absolute Gasteiger partial charge is 0.256 e. The van der Waals surface area contributed by atoms with Crippen molar-refractivity contribution in [2.75, 3.05) is 0 Å². The molecule has 0 bridgehead atoms. The van der Waals surface area contributed by atoms with Crippen molar-refractivity contribution in [2.45, 2.75) is 52.4 Å². The summed E-state index contributed by atoms with van der Waals surface area (Å²) in [6, 6.07) is 17.5. The van der Waals surface area contributed by atoms with Crippen molar-refractivity contribution < 1.29 is 0 Å². The number of hydrogen-bond acceptors (Lipinski definition) is 1. The maximum Gasteiger partial charge on any atom is 0.0702 e. The van der Waals surface area contributed by atoms with Crippen molar-refractivity contribution in [3.63, 3.8) is 0 Å². The fourth-order valence-corrected chi connectivity index (χ4v) is 3.09. The van der Waals surface area contributed by atoms with E-state index in [-0.39, 0.29) is 10.8 Å². The Labute approximate surface area is 145 Å². The summed E-state index contributed by atoms with van der Waals surface area (Å²) in [5.41, 5.74) is 5.10.